The van der Waals surface area contributed by atoms with Gasteiger partial charge in [-0.2, -0.15) is 0 Å². The fourth-order valence-electron chi connectivity index (χ4n) is 2.14. The average molecular weight is 280 g/mol. The smallest absolute Gasteiger partial charge is 0.143 e. The number of benzene rings is 1. The Morgan fingerprint density at radius 3 is 2.86 bits per heavy atom. The first kappa shape index (κ1) is 13.2. The summed E-state index contributed by atoms with van der Waals surface area (Å²) < 4.78 is 1.64. The van der Waals surface area contributed by atoms with E-state index in [1.165, 1.54) is 5.56 Å². The van der Waals surface area contributed by atoms with Crippen molar-refractivity contribution < 1.29 is 0 Å². The molecule has 0 aliphatic rings. The number of hydrogen-bond donors (Lipinski definition) is 1. The van der Waals surface area contributed by atoms with Crippen molar-refractivity contribution >= 4 is 5.69 Å². The van der Waals surface area contributed by atoms with Crippen molar-refractivity contribution in [3.05, 3.63) is 60.2 Å². The molecule has 0 saturated heterocycles. The summed E-state index contributed by atoms with van der Waals surface area (Å²) in [5.41, 5.74) is 4.29. The van der Waals surface area contributed by atoms with Crippen molar-refractivity contribution in [3.63, 3.8) is 0 Å². The highest BCUT2D eigenvalue weighted by Crippen LogP contribution is 2.24. The third kappa shape index (κ3) is 2.89. The van der Waals surface area contributed by atoms with E-state index in [1.54, 1.807) is 17.2 Å². The van der Waals surface area contributed by atoms with E-state index in [2.05, 4.69) is 51.8 Å². The predicted molar refractivity (Wildman–Crippen MR) is 80.2 cm³/mol. The number of tetrazole rings is 1. The zero-order chi connectivity index (χ0) is 14.7. The van der Waals surface area contributed by atoms with Crippen LogP contribution in [-0.2, 0) is 0 Å². The topological polar surface area (TPSA) is 68.5 Å². The molecule has 0 radical (unpaired) electrons. The Morgan fingerprint density at radius 2 is 2.14 bits per heavy atom. The molecule has 0 bridgehead atoms. The van der Waals surface area contributed by atoms with Crippen LogP contribution in [0.25, 0.3) is 5.69 Å². The number of pyridine rings is 1. The molecule has 0 amide bonds. The molecule has 1 aromatic carbocycles. The molecule has 1 N–H and O–H groups in total. The molecule has 0 aliphatic carbocycles. The zero-order valence-electron chi connectivity index (χ0n) is 11.9. The fraction of sp³-hybridized carbons (Fsp3) is 0.200. The Kier molecular flexibility index (Phi) is 3.59. The monoisotopic (exact) mass is 280 g/mol. The van der Waals surface area contributed by atoms with Gasteiger partial charge < -0.3 is 5.32 Å². The second-order valence-electron chi connectivity index (χ2n) is 4.91. The van der Waals surface area contributed by atoms with Gasteiger partial charge in [0.25, 0.3) is 0 Å². The van der Waals surface area contributed by atoms with Crippen molar-refractivity contribution in [3.8, 4) is 5.69 Å². The zero-order valence-corrected chi connectivity index (χ0v) is 11.9. The summed E-state index contributed by atoms with van der Waals surface area (Å²) in [6, 6.07) is 10.3. The Morgan fingerprint density at radius 1 is 1.24 bits per heavy atom. The molecule has 21 heavy (non-hydrogen) atoms. The second kappa shape index (κ2) is 5.70. The average Bonchev–Trinajstić information content (AvgIpc) is 3.04. The van der Waals surface area contributed by atoms with Crippen LogP contribution in [0, 0.1) is 6.92 Å². The number of nitrogens with zero attached hydrogens (tertiary/aromatic N) is 5. The molecule has 1 unspecified atom stereocenters. The molecule has 0 saturated carbocycles. The van der Waals surface area contributed by atoms with E-state index in [0.29, 0.717) is 0 Å². The van der Waals surface area contributed by atoms with E-state index in [-0.39, 0.29) is 6.04 Å². The molecule has 0 aliphatic heterocycles. The van der Waals surface area contributed by atoms with Gasteiger partial charge in [0.1, 0.15) is 6.33 Å². The van der Waals surface area contributed by atoms with Gasteiger partial charge in [0.15, 0.2) is 0 Å². The number of aryl methyl sites for hydroxylation is 1. The number of hydrogen-bond acceptors (Lipinski definition) is 5. The van der Waals surface area contributed by atoms with E-state index in [9.17, 15) is 0 Å². The minimum atomic E-state index is 0.168. The van der Waals surface area contributed by atoms with Crippen LogP contribution in [0.15, 0.2) is 49.1 Å². The largest absolute Gasteiger partial charge is 0.378 e. The highest BCUT2D eigenvalue weighted by Gasteiger charge is 2.08. The van der Waals surface area contributed by atoms with Crippen LogP contribution in [0.1, 0.15) is 24.1 Å². The van der Waals surface area contributed by atoms with Gasteiger partial charge in [-0.1, -0.05) is 12.1 Å². The van der Waals surface area contributed by atoms with Crippen molar-refractivity contribution in [2.45, 2.75) is 19.9 Å². The van der Waals surface area contributed by atoms with Crippen LogP contribution >= 0.6 is 0 Å². The molecular formula is C15H16N6. The number of rotatable bonds is 4. The van der Waals surface area contributed by atoms with Gasteiger partial charge in [-0.25, -0.2) is 4.68 Å². The van der Waals surface area contributed by atoms with Crippen molar-refractivity contribution in [1.29, 1.82) is 0 Å². The van der Waals surface area contributed by atoms with Crippen LogP contribution < -0.4 is 5.32 Å². The lowest BCUT2D eigenvalue weighted by Crippen LogP contribution is -2.08. The minimum absolute atomic E-state index is 0.168. The summed E-state index contributed by atoms with van der Waals surface area (Å²) in [5, 5.41) is 14.7. The molecule has 2 aromatic heterocycles. The van der Waals surface area contributed by atoms with Gasteiger partial charge in [-0.3, -0.25) is 4.98 Å². The Balaban J connectivity index is 1.86. The van der Waals surface area contributed by atoms with E-state index < -0.39 is 0 Å². The first-order valence-corrected chi connectivity index (χ1v) is 6.74. The summed E-state index contributed by atoms with van der Waals surface area (Å²) in [5.74, 6) is 0. The quantitative estimate of drug-likeness (QED) is 0.795. The lowest BCUT2D eigenvalue weighted by Gasteiger charge is -2.18. The standard InChI is InChI=1S/C15H16N6/c1-11-5-6-14(21-10-17-19-20-21)8-15(11)18-12(2)13-4-3-7-16-9-13/h3-10,12,18H,1-2H3. The van der Waals surface area contributed by atoms with Gasteiger partial charge in [0.2, 0.25) is 0 Å². The van der Waals surface area contributed by atoms with Crippen LogP contribution in [0.5, 0.6) is 0 Å². The molecule has 2 heterocycles. The maximum absolute atomic E-state index is 4.16. The summed E-state index contributed by atoms with van der Waals surface area (Å²) in [6.07, 6.45) is 5.23. The van der Waals surface area contributed by atoms with Gasteiger partial charge >= 0.3 is 0 Å². The maximum Gasteiger partial charge on any atom is 0.143 e. The summed E-state index contributed by atoms with van der Waals surface area (Å²) in [4.78, 5) is 4.16. The predicted octanol–water partition coefficient (Wildman–Crippen LogP) is 2.54. The summed E-state index contributed by atoms with van der Waals surface area (Å²) >= 11 is 0. The molecule has 106 valence electrons. The lowest BCUT2D eigenvalue weighted by molar-refractivity contribution is 0.788. The molecular weight excluding hydrogens is 264 g/mol. The first-order valence-electron chi connectivity index (χ1n) is 6.74. The number of anilines is 1. The van der Waals surface area contributed by atoms with E-state index in [0.717, 1.165) is 16.9 Å². The first-order chi connectivity index (χ1) is 10.2. The van der Waals surface area contributed by atoms with E-state index in [1.807, 2.05) is 24.4 Å². The molecule has 3 rings (SSSR count). The van der Waals surface area contributed by atoms with E-state index >= 15 is 0 Å². The van der Waals surface area contributed by atoms with E-state index in [4.69, 9.17) is 0 Å². The van der Waals surface area contributed by atoms with Crippen LogP contribution in [0.4, 0.5) is 5.69 Å². The van der Waals surface area contributed by atoms with Crippen molar-refractivity contribution in [2.24, 2.45) is 0 Å². The fourth-order valence-corrected chi connectivity index (χ4v) is 2.14. The Hall–Kier alpha value is -2.76. The Bertz CT molecular complexity index is 708. The normalized spacial score (nSPS) is 12.1. The van der Waals surface area contributed by atoms with Gasteiger partial charge in [-0.05, 0) is 53.6 Å². The Labute approximate surface area is 122 Å². The summed E-state index contributed by atoms with van der Waals surface area (Å²) in [7, 11) is 0. The van der Waals surface area contributed by atoms with Crippen LogP contribution in [-0.4, -0.2) is 25.2 Å². The summed E-state index contributed by atoms with van der Waals surface area (Å²) in [6.45, 7) is 4.18. The van der Waals surface area contributed by atoms with Crippen LogP contribution in [0.2, 0.25) is 0 Å². The molecule has 6 nitrogen and oxygen atoms in total. The number of nitrogens with one attached hydrogen (secondary N) is 1. The van der Waals surface area contributed by atoms with Crippen LogP contribution in [0.3, 0.4) is 0 Å². The lowest BCUT2D eigenvalue weighted by atomic mass is 10.1. The molecule has 3 aromatic rings. The highest BCUT2D eigenvalue weighted by atomic mass is 15.5. The third-order valence-corrected chi connectivity index (χ3v) is 3.39. The molecule has 6 heteroatoms. The number of aromatic nitrogens is 5. The highest BCUT2D eigenvalue weighted by molar-refractivity contribution is 5.57. The molecule has 1 atom stereocenters. The SMILES string of the molecule is Cc1ccc(-n2cnnn2)cc1NC(C)c1cccnc1. The second-order valence-corrected chi connectivity index (χ2v) is 4.91. The molecule has 0 spiro atoms. The minimum Gasteiger partial charge on any atom is -0.378 e. The van der Waals surface area contributed by atoms with Gasteiger partial charge in [-0.15, -0.1) is 5.10 Å². The third-order valence-electron chi connectivity index (χ3n) is 3.39. The van der Waals surface area contributed by atoms with Crippen molar-refractivity contribution in [1.82, 2.24) is 25.2 Å². The molecule has 0 fully saturated rings. The van der Waals surface area contributed by atoms with Crippen molar-refractivity contribution in [2.75, 3.05) is 5.32 Å². The van der Waals surface area contributed by atoms with Gasteiger partial charge in [0, 0.05) is 18.1 Å². The van der Waals surface area contributed by atoms with Gasteiger partial charge in [0.05, 0.1) is 11.7 Å². The maximum atomic E-state index is 4.16.